The summed E-state index contributed by atoms with van der Waals surface area (Å²) >= 11 is 0. The lowest BCUT2D eigenvalue weighted by Gasteiger charge is -2.05. The van der Waals surface area contributed by atoms with Crippen molar-refractivity contribution in [1.29, 1.82) is 0 Å². The third-order valence-electron chi connectivity index (χ3n) is 2.24. The Morgan fingerprint density at radius 3 is 2.87 bits per heavy atom. The third kappa shape index (κ3) is 1.69. The Balaban J connectivity index is 2.73. The highest BCUT2D eigenvalue weighted by molar-refractivity contribution is 5.76. The van der Waals surface area contributed by atoms with Gasteiger partial charge in [0, 0.05) is 6.07 Å². The molecule has 1 unspecified atom stereocenters. The standard InChI is InChI=1S/C12H11NO2/c1-2-9(13)12-7-10(14)8-5-3-4-6-11(8)15-12/h2-7,9H,1,13H2. The molecule has 0 radical (unpaired) electrons. The van der Waals surface area contributed by atoms with Crippen LogP contribution in [0.15, 0.2) is 52.2 Å². The monoisotopic (exact) mass is 201 g/mol. The number of benzene rings is 1. The second kappa shape index (κ2) is 3.71. The van der Waals surface area contributed by atoms with Crippen LogP contribution in [0.1, 0.15) is 11.8 Å². The molecular formula is C12H11NO2. The molecule has 0 amide bonds. The first-order valence-electron chi connectivity index (χ1n) is 4.63. The minimum absolute atomic E-state index is 0.0795. The van der Waals surface area contributed by atoms with Gasteiger partial charge < -0.3 is 10.2 Å². The molecule has 0 bridgehead atoms. The van der Waals surface area contributed by atoms with Crippen molar-refractivity contribution in [1.82, 2.24) is 0 Å². The molecule has 1 aromatic carbocycles. The van der Waals surface area contributed by atoms with Gasteiger partial charge in [0.05, 0.1) is 11.4 Å². The highest BCUT2D eigenvalue weighted by atomic mass is 16.3. The lowest BCUT2D eigenvalue weighted by Crippen LogP contribution is -2.10. The zero-order chi connectivity index (χ0) is 10.8. The molecule has 3 heteroatoms. The summed E-state index contributed by atoms with van der Waals surface area (Å²) in [6.07, 6.45) is 1.53. The van der Waals surface area contributed by atoms with E-state index in [0.717, 1.165) is 0 Å². The van der Waals surface area contributed by atoms with Crippen LogP contribution in [0.2, 0.25) is 0 Å². The molecule has 1 aromatic heterocycles. The van der Waals surface area contributed by atoms with E-state index in [1.54, 1.807) is 18.2 Å². The van der Waals surface area contributed by atoms with Crippen molar-refractivity contribution in [3.63, 3.8) is 0 Å². The van der Waals surface area contributed by atoms with Gasteiger partial charge in [0.1, 0.15) is 11.3 Å². The maximum atomic E-state index is 11.7. The lowest BCUT2D eigenvalue weighted by molar-refractivity contribution is 0.518. The largest absolute Gasteiger partial charge is 0.459 e. The van der Waals surface area contributed by atoms with Crippen molar-refractivity contribution in [3.05, 3.63) is 59.0 Å². The van der Waals surface area contributed by atoms with Gasteiger partial charge in [-0.05, 0) is 12.1 Å². The Hall–Kier alpha value is -1.87. The maximum absolute atomic E-state index is 11.7. The number of nitrogens with two attached hydrogens (primary N) is 1. The van der Waals surface area contributed by atoms with Gasteiger partial charge in [-0.3, -0.25) is 4.79 Å². The summed E-state index contributed by atoms with van der Waals surface area (Å²) < 4.78 is 5.50. The molecule has 0 saturated heterocycles. The summed E-state index contributed by atoms with van der Waals surface area (Å²) in [7, 11) is 0. The Morgan fingerprint density at radius 1 is 1.40 bits per heavy atom. The van der Waals surface area contributed by atoms with E-state index >= 15 is 0 Å². The molecule has 0 aliphatic carbocycles. The molecule has 76 valence electrons. The van der Waals surface area contributed by atoms with Crippen LogP contribution in [0.25, 0.3) is 11.0 Å². The predicted molar refractivity (Wildman–Crippen MR) is 59.6 cm³/mol. The third-order valence-corrected chi connectivity index (χ3v) is 2.24. The van der Waals surface area contributed by atoms with E-state index in [9.17, 15) is 4.79 Å². The van der Waals surface area contributed by atoms with Gasteiger partial charge >= 0.3 is 0 Å². The van der Waals surface area contributed by atoms with Crippen LogP contribution in [0.4, 0.5) is 0 Å². The first-order valence-corrected chi connectivity index (χ1v) is 4.63. The lowest BCUT2D eigenvalue weighted by atomic mass is 10.1. The SMILES string of the molecule is C=CC(N)c1cc(=O)c2ccccc2o1. The summed E-state index contributed by atoms with van der Waals surface area (Å²) in [6.45, 7) is 3.56. The Kier molecular flexibility index (Phi) is 2.39. The molecular weight excluding hydrogens is 190 g/mol. The van der Waals surface area contributed by atoms with Crippen molar-refractivity contribution in [3.8, 4) is 0 Å². The zero-order valence-corrected chi connectivity index (χ0v) is 8.14. The van der Waals surface area contributed by atoms with E-state index in [1.165, 1.54) is 12.1 Å². The normalized spacial score (nSPS) is 12.6. The predicted octanol–water partition coefficient (Wildman–Crippen LogP) is 1.98. The van der Waals surface area contributed by atoms with Crippen LogP contribution >= 0.6 is 0 Å². The van der Waals surface area contributed by atoms with Crippen LogP contribution in [0, 0.1) is 0 Å². The van der Waals surface area contributed by atoms with Crippen LogP contribution in [0.5, 0.6) is 0 Å². The van der Waals surface area contributed by atoms with Gasteiger partial charge in [0.15, 0.2) is 5.43 Å². The second-order valence-corrected chi connectivity index (χ2v) is 3.27. The number of rotatable bonds is 2. The van der Waals surface area contributed by atoms with Gasteiger partial charge in [-0.2, -0.15) is 0 Å². The topological polar surface area (TPSA) is 56.2 Å². The molecule has 0 saturated carbocycles. The summed E-state index contributed by atoms with van der Waals surface area (Å²) in [5.74, 6) is 0.439. The summed E-state index contributed by atoms with van der Waals surface area (Å²) in [5.41, 5.74) is 6.18. The number of para-hydroxylation sites is 1. The average Bonchev–Trinajstić information content (AvgIpc) is 2.28. The van der Waals surface area contributed by atoms with Gasteiger partial charge in [0.2, 0.25) is 0 Å². The number of hydrogen-bond donors (Lipinski definition) is 1. The van der Waals surface area contributed by atoms with Crippen LogP contribution in [0.3, 0.4) is 0 Å². The van der Waals surface area contributed by atoms with E-state index in [4.69, 9.17) is 10.2 Å². The smallest absolute Gasteiger partial charge is 0.193 e. The van der Waals surface area contributed by atoms with Crippen LogP contribution < -0.4 is 11.2 Å². The average molecular weight is 201 g/mol. The zero-order valence-electron chi connectivity index (χ0n) is 8.14. The molecule has 2 aromatic rings. The maximum Gasteiger partial charge on any atom is 0.193 e. The molecule has 0 aliphatic heterocycles. The second-order valence-electron chi connectivity index (χ2n) is 3.27. The fraction of sp³-hybridized carbons (Fsp3) is 0.0833. The van der Waals surface area contributed by atoms with E-state index in [2.05, 4.69) is 6.58 Å². The highest BCUT2D eigenvalue weighted by Gasteiger charge is 2.08. The van der Waals surface area contributed by atoms with Crippen molar-refractivity contribution >= 4 is 11.0 Å². The molecule has 0 aliphatic rings. The van der Waals surface area contributed by atoms with Gasteiger partial charge in [-0.25, -0.2) is 0 Å². The quantitative estimate of drug-likeness (QED) is 0.756. The van der Waals surface area contributed by atoms with E-state index in [0.29, 0.717) is 16.7 Å². The Bertz CT molecular complexity index is 557. The summed E-state index contributed by atoms with van der Waals surface area (Å²) in [5, 5.41) is 0.567. The number of hydrogen-bond acceptors (Lipinski definition) is 3. The van der Waals surface area contributed by atoms with E-state index in [1.807, 2.05) is 6.07 Å². The molecule has 0 spiro atoms. The fourth-order valence-electron chi connectivity index (χ4n) is 1.40. The minimum atomic E-state index is -0.442. The molecule has 15 heavy (non-hydrogen) atoms. The van der Waals surface area contributed by atoms with Gasteiger partial charge in [0.25, 0.3) is 0 Å². The van der Waals surface area contributed by atoms with Crippen molar-refractivity contribution in [2.24, 2.45) is 5.73 Å². The van der Waals surface area contributed by atoms with Crippen LogP contribution in [-0.2, 0) is 0 Å². The fourth-order valence-corrected chi connectivity index (χ4v) is 1.40. The van der Waals surface area contributed by atoms with Crippen molar-refractivity contribution in [2.75, 3.05) is 0 Å². The van der Waals surface area contributed by atoms with Gasteiger partial charge in [-0.1, -0.05) is 18.2 Å². The van der Waals surface area contributed by atoms with Crippen molar-refractivity contribution in [2.45, 2.75) is 6.04 Å². The van der Waals surface area contributed by atoms with E-state index in [-0.39, 0.29) is 5.43 Å². The van der Waals surface area contributed by atoms with Gasteiger partial charge in [-0.15, -0.1) is 6.58 Å². The number of fused-ring (bicyclic) bond motifs is 1. The summed E-state index contributed by atoms with van der Waals surface area (Å²) in [4.78, 5) is 11.7. The Labute approximate surface area is 86.8 Å². The van der Waals surface area contributed by atoms with Crippen LogP contribution in [-0.4, -0.2) is 0 Å². The molecule has 1 atom stereocenters. The molecule has 3 nitrogen and oxygen atoms in total. The van der Waals surface area contributed by atoms with Crippen molar-refractivity contribution < 1.29 is 4.42 Å². The minimum Gasteiger partial charge on any atom is -0.459 e. The molecule has 1 heterocycles. The first kappa shape index (κ1) is 9.68. The first-order chi connectivity index (χ1) is 7.22. The molecule has 0 fully saturated rings. The summed E-state index contributed by atoms with van der Waals surface area (Å²) in [6, 6.07) is 8.05. The molecule has 2 rings (SSSR count). The Morgan fingerprint density at radius 2 is 2.13 bits per heavy atom. The highest BCUT2D eigenvalue weighted by Crippen LogP contribution is 2.16. The molecule has 2 N–H and O–H groups in total. The van der Waals surface area contributed by atoms with E-state index < -0.39 is 6.04 Å².